The van der Waals surface area contributed by atoms with E-state index in [4.69, 9.17) is 19.7 Å². The van der Waals surface area contributed by atoms with Crippen LogP contribution in [0.5, 0.6) is 0 Å². The Morgan fingerprint density at radius 2 is 1.57 bits per heavy atom. The van der Waals surface area contributed by atoms with Gasteiger partial charge in [-0.3, -0.25) is 4.79 Å². The van der Waals surface area contributed by atoms with Crippen LogP contribution in [-0.4, -0.2) is 46.0 Å². The quantitative estimate of drug-likeness (QED) is 0.112. The van der Waals surface area contributed by atoms with Crippen LogP contribution >= 0.6 is 0 Å². The van der Waals surface area contributed by atoms with E-state index >= 15 is 0 Å². The predicted octanol–water partition coefficient (Wildman–Crippen LogP) is 12.2. The number of fused-ring (bicyclic) bond motifs is 5. The van der Waals surface area contributed by atoms with Gasteiger partial charge in [-0.25, -0.2) is 15.0 Å². The summed E-state index contributed by atoms with van der Waals surface area (Å²) < 4.78 is 5.79. The number of rotatable bonds is 15. The third-order valence-electron chi connectivity index (χ3n) is 12.8. The van der Waals surface area contributed by atoms with E-state index in [1.807, 2.05) is 19.1 Å². The maximum Gasteiger partial charge on any atom is 0.306 e. The molecular formula is C52H68N4O4. The number of nitrogens with zero attached hydrogens (tertiary/aromatic N) is 3. The zero-order valence-corrected chi connectivity index (χ0v) is 38.3. The van der Waals surface area contributed by atoms with Gasteiger partial charge in [-0.1, -0.05) is 56.6 Å². The van der Waals surface area contributed by atoms with Crippen LogP contribution in [-0.2, 0) is 9.53 Å². The van der Waals surface area contributed by atoms with E-state index in [0.29, 0.717) is 30.9 Å². The molecule has 1 aliphatic carbocycles. The summed E-state index contributed by atoms with van der Waals surface area (Å²) in [4.78, 5) is 29.1. The molecule has 0 saturated carbocycles. The molecule has 5 aliphatic heterocycles. The Morgan fingerprint density at radius 3 is 2.23 bits per heavy atom. The molecular weight excluding hydrogens is 745 g/mol. The lowest BCUT2D eigenvalue weighted by molar-refractivity contribution is -0.142. The number of carbonyl (C=O) groups excluding carboxylic acids is 1. The van der Waals surface area contributed by atoms with Gasteiger partial charge in [-0.2, -0.15) is 0 Å². The average Bonchev–Trinajstić information content (AvgIpc) is 3.95. The van der Waals surface area contributed by atoms with E-state index in [2.05, 4.69) is 92.8 Å². The van der Waals surface area contributed by atoms with Gasteiger partial charge in [0.2, 0.25) is 0 Å². The Labute approximate surface area is 359 Å². The fourth-order valence-corrected chi connectivity index (χ4v) is 9.50. The zero-order valence-electron chi connectivity index (χ0n) is 38.3. The van der Waals surface area contributed by atoms with Crippen molar-refractivity contribution < 1.29 is 19.7 Å². The maximum absolute atomic E-state index is 13.4. The monoisotopic (exact) mass is 813 g/mol. The van der Waals surface area contributed by atoms with Crippen molar-refractivity contribution >= 4 is 23.1 Å². The van der Waals surface area contributed by atoms with Crippen LogP contribution in [0.4, 0.5) is 0 Å². The van der Waals surface area contributed by atoms with Crippen molar-refractivity contribution in [3.8, 4) is 0 Å². The molecule has 8 heteroatoms. The summed E-state index contributed by atoms with van der Waals surface area (Å²) in [6.07, 6.45) is 16.9. The summed E-state index contributed by atoms with van der Waals surface area (Å²) in [5, 5.41) is 26.7. The lowest BCUT2D eigenvalue weighted by Gasteiger charge is -2.18. The first-order valence-corrected chi connectivity index (χ1v) is 22.3. The molecule has 320 valence electrons. The number of aliphatic hydroxyl groups is 2. The first-order valence-electron chi connectivity index (χ1n) is 22.3. The summed E-state index contributed by atoms with van der Waals surface area (Å²) in [7, 11) is 0. The standard InChI is InChI=1S/C52H68N4O4/c1-13-37-42-27-43-39(24-29(4)5)32(8)41(53-43)26-44-47(36(12)57)34(10)50(55-44)35(11)49-33(9)38(51(56-49)40-25-45(58)48(37)52(40)54-42)20-21-46(59)60-23-22-31(7)19-15-18-30(6)17-14-16-28(2)3/h16,18,22,26-27,29,33,36,38,56-58H,13-15,17,19-21,23-25H2,1-12H3. The Balaban J connectivity index is 1.32. The summed E-state index contributed by atoms with van der Waals surface area (Å²) in [6, 6.07) is 0. The van der Waals surface area contributed by atoms with Gasteiger partial charge in [0.15, 0.2) is 0 Å². The smallest absolute Gasteiger partial charge is 0.306 e. The summed E-state index contributed by atoms with van der Waals surface area (Å²) in [5.74, 6) is 0.476. The van der Waals surface area contributed by atoms with E-state index < -0.39 is 6.10 Å². The van der Waals surface area contributed by atoms with Gasteiger partial charge < -0.3 is 20.3 Å². The fourth-order valence-electron chi connectivity index (χ4n) is 9.50. The molecule has 0 amide bonds. The molecule has 0 aromatic carbocycles. The lowest BCUT2D eigenvalue weighted by Crippen LogP contribution is -2.16. The van der Waals surface area contributed by atoms with Crippen molar-refractivity contribution in [2.45, 2.75) is 147 Å². The molecule has 5 heterocycles. The summed E-state index contributed by atoms with van der Waals surface area (Å²) in [5.41, 5.74) is 18.8. The van der Waals surface area contributed by atoms with Gasteiger partial charge in [0.1, 0.15) is 12.4 Å². The first kappa shape index (κ1) is 44.7. The van der Waals surface area contributed by atoms with Crippen LogP contribution in [0.3, 0.4) is 0 Å². The Hall–Kier alpha value is -4.82. The van der Waals surface area contributed by atoms with Gasteiger partial charge >= 0.3 is 5.97 Å². The molecule has 0 aromatic rings. The number of hydrogen-bond acceptors (Lipinski definition) is 8. The highest BCUT2D eigenvalue weighted by atomic mass is 16.5. The SMILES string of the molecule is CCC1=C2C=C3N=C(C=C4N=C(C(C)=C4C(C)O)C(C)=C4NC(=C5CC(O)=C1C5=N2)C(CCC(=O)OCC=C(C)CCC=C(C)CCC=C(C)C)C4C)C(C)=C3CC(C)C. The van der Waals surface area contributed by atoms with Crippen molar-refractivity contribution in [2.24, 2.45) is 32.7 Å². The third-order valence-corrected chi connectivity index (χ3v) is 12.8. The number of allylic oxidation sites excluding steroid dienone is 16. The molecule has 0 aromatic heterocycles. The predicted molar refractivity (Wildman–Crippen MR) is 248 cm³/mol. The zero-order chi connectivity index (χ0) is 43.6. The molecule has 3 atom stereocenters. The van der Waals surface area contributed by atoms with Gasteiger partial charge in [-0.05, 0) is 152 Å². The second-order valence-corrected chi connectivity index (χ2v) is 18.2. The molecule has 60 heavy (non-hydrogen) atoms. The molecule has 8 bridgehead atoms. The van der Waals surface area contributed by atoms with Crippen LogP contribution in [0.2, 0.25) is 0 Å². The van der Waals surface area contributed by atoms with Gasteiger partial charge in [0.25, 0.3) is 0 Å². The van der Waals surface area contributed by atoms with Crippen LogP contribution in [0.25, 0.3) is 0 Å². The van der Waals surface area contributed by atoms with E-state index in [1.165, 1.54) is 22.3 Å². The molecule has 3 unspecified atom stereocenters. The maximum atomic E-state index is 13.4. The minimum atomic E-state index is -0.726. The van der Waals surface area contributed by atoms with Gasteiger partial charge in [0, 0.05) is 52.8 Å². The number of ether oxygens (including phenoxy) is 1. The van der Waals surface area contributed by atoms with Crippen molar-refractivity contribution in [3.05, 3.63) is 126 Å². The van der Waals surface area contributed by atoms with Crippen molar-refractivity contribution in [2.75, 3.05) is 6.61 Å². The summed E-state index contributed by atoms with van der Waals surface area (Å²) >= 11 is 0. The van der Waals surface area contributed by atoms with Crippen LogP contribution in [0, 0.1) is 17.8 Å². The fraction of sp³-hybridized carbons (Fsp3) is 0.500. The van der Waals surface area contributed by atoms with Crippen molar-refractivity contribution in [1.82, 2.24) is 5.32 Å². The average molecular weight is 813 g/mol. The molecule has 8 nitrogen and oxygen atoms in total. The highest BCUT2D eigenvalue weighted by Gasteiger charge is 2.43. The second kappa shape index (κ2) is 18.8. The molecule has 6 aliphatic rings. The van der Waals surface area contributed by atoms with E-state index in [0.717, 1.165) is 117 Å². The number of aliphatic imine (C=N–C) groups is 3. The number of carbonyl (C=O) groups is 1. The Kier molecular flexibility index (Phi) is 14.0. The largest absolute Gasteiger partial charge is 0.511 e. The Morgan fingerprint density at radius 1 is 0.867 bits per heavy atom. The number of nitrogens with one attached hydrogen (secondary N) is 1. The number of hydrogen-bond donors (Lipinski definition) is 3. The molecule has 1 fully saturated rings. The van der Waals surface area contributed by atoms with Crippen molar-refractivity contribution in [3.63, 3.8) is 0 Å². The molecule has 6 rings (SSSR count). The summed E-state index contributed by atoms with van der Waals surface area (Å²) in [6.45, 7) is 25.7. The minimum Gasteiger partial charge on any atom is -0.511 e. The highest BCUT2D eigenvalue weighted by Crippen LogP contribution is 2.48. The molecule has 1 saturated heterocycles. The van der Waals surface area contributed by atoms with E-state index in [-0.39, 0.29) is 30.8 Å². The normalized spacial score (nSPS) is 22.3. The van der Waals surface area contributed by atoms with Gasteiger partial charge in [-0.15, -0.1) is 0 Å². The number of aliphatic hydroxyl groups excluding tert-OH is 2. The Bertz CT molecular complexity index is 2280. The molecule has 3 N–H and O–H groups in total. The minimum absolute atomic E-state index is 0.00716. The molecule has 0 spiro atoms. The van der Waals surface area contributed by atoms with Crippen LogP contribution in [0.15, 0.2) is 141 Å². The topological polar surface area (TPSA) is 116 Å². The van der Waals surface area contributed by atoms with Crippen LogP contribution in [0.1, 0.15) is 141 Å². The van der Waals surface area contributed by atoms with E-state index in [1.54, 1.807) is 6.92 Å². The van der Waals surface area contributed by atoms with Crippen LogP contribution < -0.4 is 5.32 Å². The highest BCUT2D eigenvalue weighted by molar-refractivity contribution is 6.21. The third kappa shape index (κ3) is 9.39. The first-order chi connectivity index (χ1) is 28.5. The van der Waals surface area contributed by atoms with Crippen molar-refractivity contribution in [1.29, 1.82) is 0 Å². The number of esters is 1. The lowest BCUT2D eigenvalue weighted by atomic mass is 9.85. The van der Waals surface area contributed by atoms with Gasteiger partial charge in [0.05, 0.1) is 40.3 Å². The second-order valence-electron chi connectivity index (χ2n) is 18.2. The molecule has 0 radical (unpaired) electrons. The van der Waals surface area contributed by atoms with E-state index in [9.17, 15) is 15.0 Å².